The summed E-state index contributed by atoms with van der Waals surface area (Å²) in [6, 6.07) is 11.2. The van der Waals surface area contributed by atoms with Crippen molar-refractivity contribution in [3.63, 3.8) is 0 Å². The van der Waals surface area contributed by atoms with E-state index in [1.54, 1.807) is 6.92 Å². The van der Waals surface area contributed by atoms with Crippen molar-refractivity contribution in [3.05, 3.63) is 53.9 Å². The lowest BCUT2D eigenvalue weighted by molar-refractivity contribution is -0.161. The highest BCUT2D eigenvalue weighted by Crippen LogP contribution is 2.29. The molecule has 168 valence electrons. The molecule has 2 rings (SSSR count). The van der Waals surface area contributed by atoms with E-state index in [1.807, 2.05) is 44.2 Å². The monoisotopic (exact) mass is 429 g/mol. The SMILES string of the molecule is CCCO[C@@H](C)[C@@H](Cc1ccccc1)OC(=O)[C@H](C)CC(=O)c1nccc(OC)c1O. The first-order valence-corrected chi connectivity index (χ1v) is 10.5. The standard InChI is InChI=1S/C24H31NO6/c1-5-13-30-17(3)21(15-18-9-7-6-8-10-18)31-24(28)16(2)14-19(26)22-23(27)20(29-4)11-12-25-22/h6-12,16-17,21,27H,5,13-15H2,1-4H3/t16-,17+,21-/m1/s1. The lowest BCUT2D eigenvalue weighted by Crippen LogP contribution is -2.35. The summed E-state index contributed by atoms with van der Waals surface area (Å²) in [6.45, 7) is 6.08. The first kappa shape index (κ1) is 24.3. The summed E-state index contributed by atoms with van der Waals surface area (Å²) in [6.07, 6.45) is 1.82. The number of nitrogens with zero attached hydrogens (tertiary/aromatic N) is 1. The number of hydrogen-bond acceptors (Lipinski definition) is 7. The maximum Gasteiger partial charge on any atom is 0.309 e. The Morgan fingerprint density at radius 1 is 1.13 bits per heavy atom. The summed E-state index contributed by atoms with van der Waals surface area (Å²) in [4.78, 5) is 29.3. The van der Waals surface area contributed by atoms with Crippen LogP contribution in [0.25, 0.3) is 0 Å². The third-order valence-corrected chi connectivity index (χ3v) is 4.92. The van der Waals surface area contributed by atoms with Crippen LogP contribution < -0.4 is 4.74 Å². The number of aromatic nitrogens is 1. The Morgan fingerprint density at radius 3 is 2.48 bits per heavy atom. The van der Waals surface area contributed by atoms with E-state index in [9.17, 15) is 14.7 Å². The topological polar surface area (TPSA) is 95.0 Å². The van der Waals surface area contributed by atoms with Crippen molar-refractivity contribution in [2.24, 2.45) is 5.92 Å². The van der Waals surface area contributed by atoms with Crippen LogP contribution in [0.5, 0.6) is 11.5 Å². The minimum absolute atomic E-state index is 0.125. The average molecular weight is 430 g/mol. The Kier molecular flexibility index (Phi) is 9.46. The van der Waals surface area contributed by atoms with Crippen molar-refractivity contribution < 1.29 is 28.9 Å². The summed E-state index contributed by atoms with van der Waals surface area (Å²) < 4.78 is 16.6. The first-order chi connectivity index (χ1) is 14.9. The quantitative estimate of drug-likeness (QED) is 0.403. The molecule has 0 radical (unpaired) electrons. The minimum Gasteiger partial charge on any atom is -0.503 e. The largest absolute Gasteiger partial charge is 0.503 e. The van der Waals surface area contributed by atoms with E-state index >= 15 is 0 Å². The second-order valence-electron chi connectivity index (χ2n) is 7.48. The molecular formula is C24H31NO6. The molecule has 7 heteroatoms. The number of ketones is 1. The van der Waals surface area contributed by atoms with E-state index in [-0.39, 0.29) is 29.7 Å². The van der Waals surface area contributed by atoms with Crippen molar-refractivity contribution in [2.75, 3.05) is 13.7 Å². The van der Waals surface area contributed by atoms with Gasteiger partial charge in [-0.05, 0) is 18.9 Å². The zero-order chi connectivity index (χ0) is 22.8. The second kappa shape index (κ2) is 12.1. The van der Waals surface area contributed by atoms with E-state index < -0.39 is 23.8 Å². The van der Waals surface area contributed by atoms with Gasteiger partial charge in [0.25, 0.3) is 0 Å². The zero-order valence-corrected chi connectivity index (χ0v) is 18.5. The molecular weight excluding hydrogens is 398 g/mol. The van der Waals surface area contributed by atoms with Crippen LogP contribution in [0.3, 0.4) is 0 Å². The van der Waals surface area contributed by atoms with E-state index in [0.717, 1.165) is 12.0 Å². The number of hydrogen-bond donors (Lipinski definition) is 1. The molecule has 0 bridgehead atoms. The number of aromatic hydroxyl groups is 1. The van der Waals surface area contributed by atoms with Crippen LogP contribution in [-0.4, -0.2) is 47.8 Å². The fraction of sp³-hybridized carbons (Fsp3) is 0.458. The molecule has 0 aliphatic heterocycles. The van der Waals surface area contributed by atoms with Crippen molar-refractivity contribution in [1.29, 1.82) is 0 Å². The molecule has 0 aliphatic carbocycles. The lowest BCUT2D eigenvalue weighted by Gasteiger charge is -2.26. The van der Waals surface area contributed by atoms with Crippen LogP contribution in [0, 0.1) is 5.92 Å². The predicted molar refractivity (Wildman–Crippen MR) is 116 cm³/mol. The predicted octanol–water partition coefficient (Wildman–Crippen LogP) is 3.97. The molecule has 0 spiro atoms. The Hall–Kier alpha value is -2.93. The molecule has 1 aromatic carbocycles. The van der Waals surface area contributed by atoms with Gasteiger partial charge in [0.05, 0.1) is 19.1 Å². The van der Waals surface area contributed by atoms with Gasteiger partial charge in [0.1, 0.15) is 6.10 Å². The van der Waals surface area contributed by atoms with Gasteiger partial charge >= 0.3 is 5.97 Å². The second-order valence-corrected chi connectivity index (χ2v) is 7.48. The zero-order valence-electron chi connectivity index (χ0n) is 18.5. The lowest BCUT2D eigenvalue weighted by atomic mass is 10.0. The molecule has 0 aliphatic rings. The van der Waals surface area contributed by atoms with Crippen molar-refractivity contribution in [1.82, 2.24) is 4.98 Å². The van der Waals surface area contributed by atoms with Gasteiger partial charge in [0.15, 0.2) is 23.0 Å². The van der Waals surface area contributed by atoms with Gasteiger partial charge in [0, 0.05) is 31.7 Å². The molecule has 2 aromatic rings. The number of carbonyl (C=O) groups is 2. The molecule has 7 nitrogen and oxygen atoms in total. The van der Waals surface area contributed by atoms with Gasteiger partial charge in [-0.3, -0.25) is 9.59 Å². The van der Waals surface area contributed by atoms with Crippen LogP contribution >= 0.6 is 0 Å². The van der Waals surface area contributed by atoms with Gasteiger partial charge in [0.2, 0.25) is 0 Å². The Labute approximate surface area is 183 Å². The molecule has 1 heterocycles. The summed E-state index contributed by atoms with van der Waals surface area (Å²) in [5.41, 5.74) is 0.904. The van der Waals surface area contributed by atoms with E-state index in [0.29, 0.717) is 13.0 Å². The number of pyridine rings is 1. The average Bonchev–Trinajstić information content (AvgIpc) is 2.77. The number of rotatable bonds is 12. The summed E-state index contributed by atoms with van der Waals surface area (Å²) in [7, 11) is 1.39. The van der Waals surface area contributed by atoms with Crippen molar-refractivity contribution in [3.8, 4) is 11.5 Å². The van der Waals surface area contributed by atoms with E-state index in [4.69, 9.17) is 14.2 Å². The van der Waals surface area contributed by atoms with Crippen LogP contribution in [0.15, 0.2) is 42.6 Å². The van der Waals surface area contributed by atoms with Gasteiger partial charge in [-0.2, -0.15) is 0 Å². The van der Waals surface area contributed by atoms with Gasteiger partial charge in [-0.25, -0.2) is 4.98 Å². The number of ether oxygens (including phenoxy) is 3. The van der Waals surface area contributed by atoms with Gasteiger partial charge < -0.3 is 19.3 Å². The first-order valence-electron chi connectivity index (χ1n) is 10.5. The summed E-state index contributed by atoms with van der Waals surface area (Å²) >= 11 is 0. The van der Waals surface area contributed by atoms with Crippen molar-refractivity contribution >= 4 is 11.8 Å². The Morgan fingerprint density at radius 2 is 1.84 bits per heavy atom. The van der Waals surface area contributed by atoms with Gasteiger partial charge in [-0.1, -0.05) is 44.2 Å². The minimum atomic E-state index is -0.712. The molecule has 3 atom stereocenters. The summed E-state index contributed by atoms with van der Waals surface area (Å²) in [5.74, 6) is -1.85. The Bertz CT molecular complexity index is 854. The molecule has 0 fully saturated rings. The molecule has 1 aromatic heterocycles. The van der Waals surface area contributed by atoms with Crippen molar-refractivity contribution in [2.45, 2.75) is 52.2 Å². The molecule has 31 heavy (non-hydrogen) atoms. The highest BCUT2D eigenvalue weighted by molar-refractivity contribution is 5.99. The third-order valence-electron chi connectivity index (χ3n) is 4.92. The normalized spacial score (nSPS) is 13.8. The third kappa shape index (κ3) is 7.07. The number of Topliss-reactive ketones (excluding diaryl/α,β-unsaturated/α-hetero) is 1. The number of benzene rings is 1. The summed E-state index contributed by atoms with van der Waals surface area (Å²) in [5, 5.41) is 10.1. The smallest absolute Gasteiger partial charge is 0.309 e. The number of carbonyl (C=O) groups excluding carboxylic acids is 2. The van der Waals surface area contributed by atoms with E-state index in [2.05, 4.69) is 4.98 Å². The van der Waals surface area contributed by atoms with E-state index in [1.165, 1.54) is 19.4 Å². The fourth-order valence-electron chi connectivity index (χ4n) is 3.09. The number of methoxy groups -OCH3 is 1. The molecule has 0 amide bonds. The highest BCUT2D eigenvalue weighted by atomic mass is 16.6. The molecule has 1 N–H and O–H groups in total. The Balaban J connectivity index is 2.06. The molecule has 0 saturated carbocycles. The van der Waals surface area contributed by atoms with Crippen LogP contribution in [-0.2, 0) is 20.7 Å². The van der Waals surface area contributed by atoms with Crippen LogP contribution in [0.1, 0.15) is 49.7 Å². The maximum absolute atomic E-state index is 12.8. The fourth-order valence-corrected chi connectivity index (χ4v) is 3.09. The molecule has 0 saturated heterocycles. The van der Waals surface area contributed by atoms with Crippen LogP contribution in [0.4, 0.5) is 0 Å². The van der Waals surface area contributed by atoms with Gasteiger partial charge in [-0.15, -0.1) is 0 Å². The molecule has 0 unspecified atom stereocenters. The maximum atomic E-state index is 12.8. The van der Waals surface area contributed by atoms with Crippen LogP contribution in [0.2, 0.25) is 0 Å². The number of esters is 1. The highest BCUT2D eigenvalue weighted by Gasteiger charge is 2.28.